The lowest BCUT2D eigenvalue weighted by Gasteiger charge is -2.37. The maximum absolute atomic E-state index is 12.0. The molecule has 3 rings (SSSR count). The molecule has 5 atom stereocenters. The average Bonchev–Trinajstić information content (AvgIpc) is 2.82. The molecule has 5 nitrogen and oxygen atoms in total. The SMILES string of the molecule is CC(C)N1CC(CN2C[C@H]3C[C@H](O)[C@H](O)C[C@H]3C2)CCC1=O. The molecule has 2 saturated heterocycles. The van der Waals surface area contributed by atoms with Crippen molar-refractivity contribution in [3.05, 3.63) is 0 Å². The molecule has 2 aliphatic heterocycles. The summed E-state index contributed by atoms with van der Waals surface area (Å²) in [6.07, 6.45) is 2.09. The summed E-state index contributed by atoms with van der Waals surface area (Å²) in [6.45, 7) is 8.20. The predicted octanol–water partition coefficient (Wildman–Crippen LogP) is 0.697. The molecule has 1 saturated carbocycles. The average molecular weight is 310 g/mol. The van der Waals surface area contributed by atoms with Gasteiger partial charge in [-0.1, -0.05) is 0 Å². The van der Waals surface area contributed by atoms with Gasteiger partial charge in [0, 0.05) is 38.6 Å². The van der Waals surface area contributed by atoms with Gasteiger partial charge in [0.25, 0.3) is 0 Å². The van der Waals surface area contributed by atoms with Crippen LogP contribution in [0.2, 0.25) is 0 Å². The maximum Gasteiger partial charge on any atom is 0.222 e. The van der Waals surface area contributed by atoms with Crippen LogP contribution >= 0.6 is 0 Å². The Kier molecular flexibility index (Phi) is 4.76. The van der Waals surface area contributed by atoms with Crippen LogP contribution in [0.5, 0.6) is 0 Å². The highest BCUT2D eigenvalue weighted by atomic mass is 16.3. The lowest BCUT2D eigenvalue weighted by Crippen LogP contribution is -2.46. The van der Waals surface area contributed by atoms with Gasteiger partial charge in [0.1, 0.15) is 0 Å². The van der Waals surface area contributed by atoms with Crippen LogP contribution in [0.25, 0.3) is 0 Å². The van der Waals surface area contributed by atoms with Gasteiger partial charge in [-0.05, 0) is 50.9 Å². The molecule has 3 aliphatic rings. The summed E-state index contributed by atoms with van der Waals surface area (Å²) < 4.78 is 0. The van der Waals surface area contributed by atoms with Gasteiger partial charge in [-0.2, -0.15) is 0 Å². The first-order valence-corrected chi connectivity index (χ1v) is 8.82. The highest BCUT2D eigenvalue weighted by Gasteiger charge is 2.41. The Labute approximate surface area is 133 Å². The monoisotopic (exact) mass is 310 g/mol. The number of amides is 1. The number of rotatable bonds is 3. The Bertz CT molecular complexity index is 397. The fraction of sp³-hybridized carbons (Fsp3) is 0.941. The van der Waals surface area contributed by atoms with E-state index in [2.05, 4.69) is 18.7 Å². The largest absolute Gasteiger partial charge is 0.390 e. The fourth-order valence-corrected chi connectivity index (χ4v) is 4.61. The van der Waals surface area contributed by atoms with Crippen LogP contribution < -0.4 is 0 Å². The van der Waals surface area contributed by atoms with Crippen LogP contribution in [0.1, 0.15) is 39.5 Å². The van der Waals surface area contributed by atoms with E-state index in [1.807, 2.05) is 4.90 Å². The van der Waals surface area contributed by atoms with Crippen molar-refractivity contribution in [3.63, 3.8) is 0 Å². The molecular weight excluding hydrogens is 280 g/mol. The standard InChI is InChI=1S/C17H30N2O3/c1-11(2)19-8-12(3-4-17(19)22)7-18-9-13-5-15(20)16(21)6-14(13)10-18/h11-16,20-21H,3-10H2,1-2H3/t12?,13-,14+,15+,16-. The molecule has 0 radical (unpaired) electrons. The number of aliphatic hydroxyl groups excluding tert-OH is 2. The molecule has 0 spiro atoms. The predicted molar refractivity (Wildman–Crippen MR) is 84.2 cm³/mol. The summed E-state index contributed by atoms with van der Waals surface area (Å²) in [5.74, 6) is 1.93. The Hall–Kier alpha value is -0.650. The van der Waals surface area contributed by atoms with Crippen molar-refractivity contribution in [2.45, 2.75) is 57.8 Å². The quantitative estimate of drug-likeness (QED) is 0.805. The molecular formula is C17H30N2O3. The molecule has 2 N–H and O–H groups in total. The second-order valence-corrected chi connectivity index (χ2v) is 7.89. The molecule has 0 aromatic rings. The smallest absolute Gasteiger partial charge is 0.222 e. The number of nitrogens with zero attached hydrogens (tertiary/aromatic N) is 2. The van der Waals surface area contributed by atoms with Crippen molar-refractivity contribution >= 4 is 5.91 Å². The first-order valence-electron chi connectivity index (χ1n) is 8.82. The van der Waals surface area contributed by atoms with Gasteiger partial charge in [-0.3, -0.25) is 4.79 Å². The fourth-order valence-electron chi connectivity index (χ4n) is 4.61. The number of carbonyl (C=O) groups excluding carboxylic acids is 1. The van der Waals surface area contributed by atoms with E-state index in [4.69, 9.17) is 0 Å². The number of hydrogen-bond acceptors (Lipinski definition) is 4. The number of carbonyl (C=O) groups is 1. The Morgan fingerprint density at radius 3 is 2.23 bits per heavy atom. The molecule has 22 heavy (non-hydrogen) atoms. The summed E-state index contributed by atoms with van der Waals surface area (Å²) in [7, 11) is 0. The van der Waals surface area contributed by atoms with Crippen LogP contribution in [0.15, 0.2) is 0 Å². The zero-order valence-corrected chi connectivity index (χ0v) is 13.8. The number of likely N-dealkylation sites (tertiary alicyclic amines) is 2. The summed E-state index contributed by atoms with van der Waals surface area (Å²) >= 11 is 0. The van der Waals surface area contributed by atoms with Gasteiger partial charge in [0.15, 0.2) is 0 Å². The van der Waals surface area contributed by atoms with E-state index < -0.39 is 12.2 Å². The second kappa shape index (κ2) is 6.46. The Morgan fingerprint density at radius 2 is 1.68 bits per heavy atom. The number of hydrogen-bond donors (Lipinski definition) is 2. The zero-order chi connectivity index (χ0) is 15.9. The molecule has 5 heteroatoms. The van der Waals surface area contributed by atoms with E-state index in [0.29, 0.717) is 36.1 Å². The van der Waals surface area contributed by atoms with Gasteiger partial charge in [-0.15, -0.1) is 0 Å². The van der Waals surface area contributed by atoms with Crippen molar-refractivity contribution < 1.29 is 15.0 Å². The normalized spacial score (nSPS) is 40.3. The Balaban J connectivity index is 1.53. The molecule has 2 heterocycles. The minimum absolute atomic E-state index is 0.293. The van der Waals surface area contributed by atoms with E-state index in [-0.39, 0.29) is 0 Å². The zero-order valence-electron chi connectivity index (χ0n) is 13.8. The van der Waals surface area contributed by atoms with Gasteiger partial charge in [0.05, 0.1) is 12.2 Å². The first kappa shape index (κ1) is 16.2. The van der Waals surface area contributed by atoms with E-state index in [9.17, 15) is 15.0 Å². The van der Waals surface area contributed by atoms with E-state index in [1.54, 1.807) is 0 Å². The maximum atomic E-state index is 12.0. The summed E-state index contributed by atoms with van der Waals surface area (Å²) in [6, 6.07) is 0.293. The van der Waals surface area contributed by atoms with Crippen molar-refractivity contribution in [2.24, 2.45) is 17.8 Å². The summed E-state index contributed by atoms with van der Waals surface area (Å²) in [5, 5.41) is 19.7. The van der Waals surface area contributed by atoms with Gasteiger partial charge in [-0.25, -0.2) is 0 Å². The summed E-state index contributed by atoms with van der Waals surface area (Å²) in [4.78, 5) is 16.5. The molecule has 1 aliphatic carbocycles. The Morgan fingerprint density at radius 1 is 1.09 bits per heavy atom. The van der Waals surface area contributed by atoms with E-state index in [1.165, 1.54) is 0 Å². The highest BCUT2D eigenvalue weighted by molar-refractivity contribution is 5.77. The lowest BCUT2D eigenvalue weighted by atomic mass is 9.79. The third kappa shape index (κ3) is 3.31. The number of fused-ring (bicyclic) bond motifs is 1. The van der Waals surface area contributed by atoms with Gasteiger partial charge in [0.2, 0.25) is 5.91 Å². The van der Waals surface area contributed by atoms with E-state index >= 15 is 0 Å². The van der Waals surface area contributed by atoms with Crippen LogP contribution in [-0.4, -0.2) is 70.3 Å². The number of piperidine rings is 1. The van der Waals surface area contributed by atoms with Crippen LogP contribution in [0.4, 0.5) is 0 Å². The van der Waals surface area contributed by atoms with Crippen LogP contribution in [0.3, 0.4) is 0 Å². The molecule has 0 aromatic heterocycles. The van der Waals surface area contributed by atoms with E-state index in [0.717, 1.165) is 45.4 Å². The van der Waals surface area contributed by atoms with Crippen molar-refractivity contribution in [2.75, 3.05) is 26.2 Å². The third-order valence-electron chi connectivity index (χ3n) is 5.87. The first-order chi connectivity index (χ1) is 10.4. The third-order valence-corrected chi connectivity index (χ3v) is 5.87. The topological polar surface area (TPSA) is 64.0 Å². The summed E-state index contributed by atoms with van der Waals surface area (Å²) in [5.41, 5.74) is 0. The molecule has 3 fully saturated rings. The van der Waals surface area contributed by atoms with Crippen molar-refractivity contribution in [1.82, 2.24) is 9.80 Å². The van der Waals surface area contributed by atoms with Gasteiger partial charge < -0.3 is 20.0 Å². The molecule has 126 valence electrons. The van der Waals surface area contributed by atoms with Crippen LogP contribution in [-0.2, 0) is 4.79 Å². The minimum Gasteiger partial charge on any atom is -0.390 e. The molecule has 0 aromatic carbocycles. The molecule has 0 bridgehead atoms. The minimum atomic E-state index is -0.537. The van der Waals surface area contributed by atoms with Crippen molar-refractivity contribution in [3.8, 4) is 0 Å². The van der Waals surface area contributed by atoms with Crippen molar-refractivity contribution in [1.29, 1.82) is 0 Å². The molecule has 1 amide bonds. The highest BCUT2D eigenvalue weighted by Crippen LogP contribution is 2.37. The lowest BCUT2D eigenvalue weighted by molar-refractivity contribution is -0.136. The van der Waals surface area contributed by atoms with Crippen LogP contribution in [0, 0.1) is 17.8 Å². The number of aliphatic hydroxyl groups is 2. The molecule has 1 unspecified atom stereocenters. The second-order valence-electron chi connectivity index (χ2n) is 7.89. The van der Waals surface area contributed by atoms with Gasteiger partial charge >= 0.3 is 0 Å².